The molecular formula is C33H35ClFN5O3. The zero-order chi connectivity index (χ0) is 29.3. The largest absolute Gasteiger partial charge is 0.508 e. The number of aromatic nitrogens is 2. The van der Waals surface area contributed by atoms with Crippen LogP contribution in [0, 0.1) is 0 Å². The monoisotopic (exact) mass is 603 g/mol. The quantitative estimate of drug-likeness (QED) is 0.290. The van der Waals surface area contributed by atoms with Crippen LogP contribution >= 0.6 is 11.6 Å². The Bertz CT molecular complexity index is 1730. The maximum atomic E-state index is 14.5. The van der Waals surface area contributed by atoms with Gasteiger partial charge in [0.15, 0.2) is 5.75 Å². The maximum Gasteiger partial charge on any atom is 0.319 e. The van der Waals surface area contributed by atoms with Crippen LogP contribution in [0.1, 0.15) is 32.1 Å². The number of nitrogens with one attached hydrogen (secondary N) is 1. The van der Waals surface area contributed by atoms with Gasteiger partial charge in [0.2, 0.25) is 0 Å². The fraction of sp³-hybridized carbons (Fsp3) is 0.455. The van der Waals surface area contributed by atoms with Gasteiger partial charge in [-0.2, -0.15) is 9.97 Å². The first-order valence-electron chi connectivity index (χ1n) is 15.2. The Balaban J connectivity index is 1.28. The number of aromatic hydroxyl groups is 1. The molecule has 4 aliphatic rings. The molecule has 4 unspecified atom stereocenters. The van der Waals surface area contributed by atoms with E-state index in [4.69, 9.17) is 31.0 Å². The van der Waals surface area contributed by atoms with Crippen LogP contribution in [0.25, 0.3) is 32.8 Å². The Morgan fingerprint density at radius 2 is 1.93 bits per heavy atom. The van der Waals surface area contributed by atoms with Crippen LogP contribution in [0.3, 0.4) is 0 Å². The number of ether oxygens (including phenoxy) is 2. The molecule has 8 nitrogen and oxygen atoms in total. The summed E-state index contributed by atoms with van der Waals surface area (Å²) in [5.74, 6) is 1.52. The molecule has 0 spiro atoms. The number of benzene rings is 3. The number of methoxy groups -OCH3 is 1. The van der Waals surface area contributed by atoms with Crippen molar-refractivity contribution >= 4 is 39.1 Å². The van der Waals surface area contributed by atoms with Gasteiger partial charge < -0.3 is 24.8 Å². The predicted octanol–water partition coefficient (Wildman–Crippen LogP) is 5.71. The molecule has 10 heteroatoms. The Morgan fingerprint density at radius 1 is 1.09 bits per heavy atom. The fourth-order valence-electron chi connectivity index (χ4n) is 8.03. The summed E-state index contributed by atoms with van der Waals surface area (Å²) < 4.78 is 27.0. The van der Waals surface area contributed by atoms with E-state index in [1.54, 1.807) is 19.2 Å². The number of hydrogen-bond acceptors (Lipinski definition) is 8. The van der Waals surface area contributed by atoms with Crippen molar-refractivity contribution in [2.45, 2.75) is 55.9 Å². The van der Waals surface area contributed by atoms with Crippen molar-refractivity contribution < 1.29 is 19.0 Å². The van der Waals surface area contributed by atoms with Crippen LogP contribution in [-0.2, 0) is 0 Å². The molecule has 4 fully saturated rings. The number of phenolic OH excluding ortho intramolecular Hbond substituents is 1. The highest BCUT2D eigenvalue weighted by molar-refractivity contribution is 6.35. The molecule has 4 saturated heterocycles. The van der Waals surface area contributed by atoms with Crippen molar-refractivity contribution in [2.75, 3.05) is 44.8 Å². The molecule has 0 amide bonds. The summed E-state index contributed by atoms with van der Waals surface area (Å²) in [7, 11) is 1.63. The van der Waals surface area contributed by atoms with Crippen LogP contribution in [0.5, 0.6) is 17.5 Å². The van der Waals surface area contributed by atoms with E-state index >= 15 is 0 Å². The van der Waals surface area contributed by atoms with Crippen LogP contribution < -0.4 is 19.7 Å². The average Bonchev–Trinajstić information content (AvgIpc) is 3.64. The number of phenols is 1. The first kappa shape index (κ1) is 27.2. The lowest BCUT2D eigenvalue weighted by atomic mass is 9.95. The third-order valence-electron chi connectivity index (χ3n) is 9.94. The van der Waals surface area contributed by atoms with Gasteiger partial charge in [0.1, 0.15) is 29.9 Å². The molecule has 1 aromatic heterocycles. The van der Waals surface area contributed by atoms with E-state index in [2.05, 4.69) is 15.1 Å². The first-order chi connectivity index (χ1) is 20.9. The van der Waals surface area contributed by atoms with Crippen molar-refractivity contribution in [3.05, 3.63) is 47.5 Å². The molecule has 4 aromatic rings. The summed E-state index contributed by atoms with van der Waals surface area (Å²) in [6.07, 6.45) is 3.88. The lowest BCUT2D eigenvalue weighted by Crippen LogP contribution is -2.51. The molecule has 2 bridgehead atoms. The molecule has 0 saturated carbocycles. The number of alkyl halides is 1. The van der Waals surface area contributed by atoms with Crippen LogP contribution in [0.2, 0.25) is 5.02 Å². The zero-order valence-corrected chi connectivity index (χ0v) is 24.9. The molecule has 0 aliphatic carbocycles. The van der Waals surface area contributed by atoms with Gasteiger partial charge in [-0.3, -0.25) is 4.90 Å². The summed E-state index contributed by atoms with van der Waals surface area (Å²) in [5.41, 5.74) is 1.92. The van der Waals surface area contributed by atoms with E-state index in [0.717, 1.165) is 78.4 Å². The minimum absolute atomic E-state index is 0.201. The highest BCUT2D eigenvalue weighted by atomic mass is 35.5. The maximum absolute atomic E-state index is 14.5. The second-order valence-electron chi connectivity index (χ2n) is 12.6. The lowest BCUT2D eigenvalue weighted by Gasteiger charge is -2.35. The van der Waals surface area contributed by atoms with Gasteiger partial charge in [0.05, 0.1) is 17.7 Å². The number of fused-ring (bicyclic) bond motifs is 5. The van der Waals surface area contributed by atoms with E-state index in [-0.39, 0.29) is 17.3 Å². The molecule has 43 heavy (non-hydrogen) atoms. The fourth-order valence-corrected chi connectivity index (χ4v) is 8.33. The van der Waals surface area contributed by atoms with Crippen molar-refractivity contribution in [3.8, 4) is 28.6 Å². The van der Waals surface area contributed by atoms with E-state index in [9.17, 15) is 9.50 Å². The Kier molecular flexibility index (Phi) is 6.54. The van der Waals surface area contributed by atoms with Gasteiger partial charge in [0, 0.05) is 49.1 Å². The number of hydrogen-bond donors (Lipinski definition) is 2. The van der Waals surface area contributed by atoms with Crippen LogP contribution in [-0.4, -0.2) is 83.7 Å². The minimum atomic E-state index is -0.833. The Morgan fingerprint density at radius 3 is 2.74 bits per heavy atom. The van der Waals surface area contributed by atoms with Crippen molar-refractivity contribution in [1.29, 1.82) is 0 Å². The number of nitrogens with zero attached hydrogens (tertiary/aromatic N) is 4. The standard InChI is InChI=1S/C33H35ClFN5O3/c1-42-30-28(25-5-2-4-19-12-23(41)8-9-24(19)25)27(34)13-26-29(30)37-32(38-31(26)39-16-21-6-7-22(17-39)36-21)43-18-33-10-3-11-40(33)15-20(35)14-33/h2,4-5,8-9,12-13,20-22,36,41H,3,6-7,10-11,14-18H2,1H3. The highest BCUT2D eigenvalue weighted by Gasteiger charge is 2.49. The van der Waals surface area contributed by atoms with E-state index in [1.807, 2.05) is 30.3 Å². The SMILES string of the molecule is COc1c(-c2cccc3cc(O)ccc23)c(Cl)cc2c(N3CC4CCC(C3)N4)nc(OCC34CCCN3CC(F)C4)nc12. The van der Waals surface area contributed by atoms with Crippen molar-refractivity contribution in [2.24, 2.45) is 0 Å². The van der Waals surface area contributed by atoms with Gasteiger partial charge in [0.25, 0.3) is 0 Å². The van der Waals surface area contributed by atoms with Gasteiger partial charge in [-0.25, -0.2) is 4.39 Å². The molecular weight excluding hydrogens is 569 g/mol. The number of piperazine rings is 1. The van der Waals surface area contributed by atoms with E-state index < -0.39 is 6.17 Å². The number of halogens is 2. The molecule has 224 valence electrons. The average molecular weight is 604 g/mol. The summed E-state index contributed by atoms with van der Waals surface area (Å²) in [6, 6.07) is 14.2. The molecule has 0 radical (unpaired) electrons. The Hall–Kier alpha value is -3.40. The van der Waals surface area contributed by atoms with Gasteiger partial charge >= 0.3 is 6.01 Å². The van der Waals surface area contributed by atoms with Gasteiger partial charge in [-0.1, -0.05) is 35.9 Å². The lowest BCUT2D eigenvalue weighted by molar-refractivity contribution is 0.107. The molecule has 2 N–H and O–H groups in total. The predicted molar refractivity (Wildman–Crippen MR) is 166 cm³/mol. The zero-order valence-electron chi connectivity index (χ0n) is 24.2. The van der Waals surface area contributed by atoms with Crippen molar-refractivity contribution in [3.63, 3.8) is 0 Å². The Labute approximate surface area is 254 Å². The van der Waals surface area contributed by atoms with Gasteiger partial charge in [-0.05, 0) is 66.8 Å². The molecule has 3 aromatic carbocycles. The van der Waals surface area contributed by atoms with E-state index in [0.29, 0.717) is 47.9 Å². The topological polar surface area (TPSA) is 83.0 Å². The molecule has 4 aliphatic heterocycles. The van der Waals surface area contributed by atoms with Crippen LogP contribution in [0.4, 0.5) is 10.2 Å². The second kappa shape index (κ2) is 10.4. The smallest absolute Gasteiger partial charge is 0.319 e. The minimum Gasteiger partial charge on any atom is -0.508 e. The van der Waals surface area contributed by atoms with E-state index in [1.165, 1.54) is 0 Å². The van der Waals surface area contributed by atoms with Crippen molar-refractivity contribution in [1.82, 2.24) is 20.2 Å². The summed E-state index contributed by atoms with van der Waals surface area (Å²) >= 11 is 7.11. The summed E-state index contributed by atoms with van der Waals surface area (Å²) in [5, 5.41) is 17.0. The second-order valence-corrected chi connectivity index (χ2v) is 13.0. The third-order valence-corrected chi connectivity index (χ3v) is 10.2. The molecule has 5 heterocycles. The normalized spacial score (nSPS) is 26.9. The summed E-state index contributed by atoms with van der Waals surface area (Å²) in [6.45, 7) is 3.38. The first-order valence-corrected chi connectivity index (χ1v) is 15.6. The highest BCUT2D eigenvalue weighted by Crippen LogP contribution is 2.47. The van der Waals surface area contributed by atoms with Crippen LogP contribution in [0.15, 0.2) is 42.5 Å². The van der Waals surface area contributed by atoms with Gasteiger partial charge in [-0.15, -0.1) is 0 Å². The summed E-state index contributed by atoms with van der Waals surface area (Å²) in [4.78, 5) is 14.5. The third kappa shape index (κ3) is 4.55. The number of anilines is 1. The molecule has 4 atom stereocenters. The number of rotatable bonds is 6. The molecule has 8 rings (SSSR count).